The van der Waals surface area contributed by atoms with E-state index in [4.69, 9.17) is 4.74 Å². The number of nitrogens with one attached hydrogen (secondary N) is 3. The quantitative estimate of drug-likeness (QED) is 0.154. The second kappa shape index (κ2) is 16.6. The maximum absolute atomic E-state index is 13.8. The molecule has 3 aromatic carbocycles. The van der Waals surface area contributed by atoms with E-state index in [9.17, 15) is 14.4 Å². The molecule has 0 aliphatic carbocycles. The highest BCUT2D eigenvalue weighted by Crippen LogP contribution is 2.23. The molecule has 43 heavy (non-hydrogen) atoms. The van der Waals surface area contributed by atoms with Gasteiger partial charge in [-0.15, -0.1) is 0 Å². The van der Waals surface area contributed by atoms with E-state index in [2.05, 4.69) is 63.7 Å². The number of carbonyl (C=O) groups is 3. The van der Waals surface area contributed by atoms with Gasteiger partial charge in [0.25, 0.3) is 5.91 Å². The summed E-state index contributed by atoms with van der Waals surface area (Å²) in [4.78, 5) is 41.0. The number of hydrogen-bond donors (Lipinski definition) is 3. The van der Waals surface area contributed by atoms with E-state index in [1.54, 1.807) is 0 Å². The van der Waals surface area contributed by atoms with E-state index in [1.807, 2.05) is 60.4 Å². The smallest absolute Gasteiger partial charge is 0.407 e. The number of rotatable bonds is 13. The van der Waals surface area contributed by atoms with Crippen molar-refractivity contribution in [2.75, 3.05) is 32.8 Å². The molecule has 1 heterocycles. The van der Waals surface area contributed by atoms with Crippen LogP contribution in [0.15, 0.2) is 66.7 Å². The van der Waals surface area contributed by atoms with Gasteiger partial charge in [-0.25, -0.2) is 4.79 Å². The lowest BCUT2D eigenvalue weighted by Crippen LogP contribution is -2.50. The Morgan fingerprint density at radius 3 is 2.58 bits per heavy atom. The van der Waals surface area contributed by atoms with Crippen LogP contribution >= 0.6 is 22.6 Å². The number of fused-ring (bicyclic) bond motifs is 1. The third kappa shape index (κ3) is 9.66. The summed E-state index contributed by atoms with van der Waals surface area (Å²) in [6, 6.07) is 21.6. The van der Waals surface area contributed by atoms with Crippen LogP contribution in [0.25, 0.3) is 10.8 Å². The molecule has 0 radical (unpaired) electrons. The topological polar surface area (TPSA) is 99.8 Å². The van der Waals surface area contributed by atoms with E-state index in [-0.39, 0.29) is 23.8 Å². The molecule has 8 nitrogen and oxygen atoms in total. The molecule has 0 bridgehead atoms. The first kappa shape index (κ1) is 32.7. The van der Waals surface area contributed by atoms with Gasteiger partial charge in [0.2, 0.25) is 5.91 Å². The highest BCUT2D eigenvalue weighted by Gasteiger charge is 2.32. The van der Waals surface area contributed by atoms with Crippen molar-refractivity contribution >= 4 is 51.3 Å². The maximum atomic E-state index is 13.8. The van der Waals surface area contributed by atoms with Crippen molar-refractivity contribution in [1.29, 1.82) is 0 Å². The lowest BCUT2D eigenvalue weighted by atomic mass is 9.95. The summed E-state index contributed by atoms with van der Waals surface area (Å²) in [7, 11) is 0. The zero-order valence-electron chi connectivity index (χ0n) is 25.1. The van der Waals surface area contributed by atoms with E-state index in [0.717, 1.165) is 33.6 Å². The van der Waals surface area contributed by atoms with Crippen molar-refractivity contribution in [2.45, 2.75) is 64.0 Å². The van der Waals surface area contributed by atoms with Gasteiger partial charge < -0.3 is 25.6 Å². The summed E-state index contributed by atoms with van der Waals surface area (Å²) in [5.74, 6) is 0.108. The standard InChI is InChI=1S/C34H43IN4O4/c1-3-5-19-43-34(42)36-17-15-31-33(41)39(23-24(4-2)25-9-7-6-8-10-25)18-16-30(38-31)22-37-32(40)28-12-11-27-21-29(35)14-13-26(27)20-28/h6-14,20-21,24,30-31,38H,3-5,15-19,22-23H2,1-2H3,(H,36,42)(H,37,40)/t24-,30+,31+/m1/s1. The van der Waals surface area contributed by atoms with Gasteiger partial charge in [0.1, 0.15) is 0 Å². The molecular weight excluding hydrogens is 655 g/mol. The van der Waals surface area contributed by atoms with Crippen LogP contribution in [0.5, 0.6) is 0 Å². The lowest BCUT2D eigenvalue weighted by Gasteiger charge is -2.28. The van der Waals surface area contributed by atoms with E-state index in [0.29, 0.717) is 51.2 Å². The van der Waals surface area contributed by atoms with Gasteiger partial charge in [0.05, 0.1) is 12.6 Å². The molecule has 3 amide bonds. The van der Waals surface area contributed by atoms with E-state index < -0.39 is 12.1 Å². The van der Waals surface area contributed by atoms with Crippen LogP contribution in [0.2, 0.25) is 0 Å². The Kier molecular flexibility index (Phi) is 12.6. The van der Waals surface area contributed by atoms with E-state index in [1.165, 1.54) is 5.56 Å². The number of hydrogen-bond acceptors (Lipinski definition) is 5. The molecular formula is C34H43IN4O4. The predicted octanol–water partition coefficient (Wildman–Crippen LogP) is 5.84. The molecule has 0 saturated carbocycles. The fourth-order valence-electron chi connectivity index (χ4n) is 5.45. The van der Waals surface area contributed by atoms with Crippen molar-refractivity contribution in [3.8, 4) is 0 Å². The van der Waals surface area contributed by atoms with Crippen LogP contribution in [-0.2, 0) is 9.53 Å². The second-order valence-electron chi connectivity index (χ2n) is 11.1. The number of alkyl carbamates (subject to hydrolysis) is 1. The maximum Gasteiger partial charge on any atom is 0.407 e. The zero-order valence-corrected chi connectivity index (χ0v) is 27.3. The summed E-state index contributed by atoms with van der Waals surface area (Å²) >= 11 is 2.28. The zero-order chi connectivity index (χ0) is 30.6. The minimum absolute atomic E-state index is 0.0218. The van der Waals surface area contributed by atoms with Gasteiger partial charge in [-0.3, -0.25) is 9.59 Å². The van der Waals surface area contributed by atoms with Crippen molar-refractivity contribution in [2.24, 2.45) is 0 Å². The number of amides is 3. The molecule has 0 unspecified atom stereocenters. The average molecular weight is 699 g/mol. The highest BCUT2D eigenvalue weighted by atomic mass is 127. The minimum atomic E-state index is -0.489. The Labute approximate surface area is 268 Å². The monoisotopic (exact) mass is 698 g/mol. The van der Waals surface area contributed by atoms with Crippen LogP contribution in [-0.4, -0.2) is 67.7 Å². The van der Waals surface area contributed by atoms with Crippen molar-refractivity contribution < 1.29 is 19.1 Å². The Hall–Kier alpha value is -3.18. The minimum Gasteiger partial charge on any atom is -0.450 e. The first-order valence-electron chi connectivity index (χ1n) is 15.4. The average Bonchev–Trinajstić information content (AvgIpc) is 3.16. The molecule has 0 spiro atoms. The molecule has 9 heteroatoms. The summed E-state index contributed by atoms with van der Waals surface area (Å²) in [6.45, 7) is 6.49. The molecule has 1 aliphatic heterocycles. The first-order valence-corrected chi connectivity index (χ1v) is 16.4. The fourth-order valence-corrected chi connectivity index (χ4v) is 5.96. The van der Waals surface area contributed by atoms with Crippen LogP contribution in [0, 0.1) is 3.57 Å². The third-order valence-corrected chi connectivity index (χ3v) is 8.68. The first-order chi connectivity index (χ1) is 20.9. The van der Waals surface area contributed by atoms with Crippen molar-refractivity contribution in [1.82, 2.24) is 20.9 Å². The van der Waals surface area contributed by atoms with Gasteiger partial charge in [-0.2, -0.15) is 0 Å². The van der Waals surface area contributed by atoms with E-state index >= 15 is 0 Å². The second-order valence-corrected chi connectivity index (χ2v) is 12.4. The number of nitrogens with zero attached hydrogens (tertiary/aromatic N) is 1. The molecule has 3 aromatic rings. The number of carbonyl (C=O) groups excluding carboxylic acids is 3. The summed E-state index contributed by atoms with van der Waals surface area (Å²) in [6.07, 6.45) is 3.35. The van der Waals surface area contributed by atoms with Crippen molar-refractivity contribution in [3.63, 3.8) is 0 Å². The number of unbranched alkanes of at least 4 members (excludes halogenated alkanes) is 1. The summed E-state index contributed by atoms with van der Waals surface area (Å²) in [5, 5.41) is 11.5. The van der Waals surface area contributed by atoms with Crippen LogP contribution < -0.4 is 16.0 Å². The number of ether oxygens (including phenoxy) is 1. The van der Waals surface area contributed by atoms with Crippen LogP contribution in [0.3, 0.4) is 0 Å². The Balaban J connectivity index is 1.41. The SMILES string of the molecule is CCCCOC(=O)NCC[C@@H]1N[C@H](CNC(=O)c2ccc3cc(I)ccc3c2)CCN(C[C@@H](CC)c2ccccc2)C1=O. The normalized spacial score (nSPS) is 17.7. The van der Waals surface area contributed by atoms with Gasteiger partial charge in [0, 0.05) is 47.3 Å². The molecule has 0 aromatic heterocycles. The Morgan fingerprint density at radius 1 is 1.05 bits per heavy atom. The third-order valence-electron chi connectivity index (χ3n) is 8.01. The summed E-state index contributed by atoms with van der Waals surface area (Å²) in [5.41, 5.74) is 1.83. The molecule has 1 fully saturated rings. The van der Waals surface area contributed by atoms with Crippen molar-refractivity contribution in [3.05, 3.63) is 81.4 Å². The highest BCUT2D eigenvalue weighted by molar-refractivity contribution is 14.1. The Morgan fingerprint density at radius 2 is 1.81 bits per heavy atom. The number of benzene rings is 3. The van der Waals surface area contributed by atoms with Gasteiger partial charge in [-0.05, 0) is 88.9 Å². The Bertz CT molecular complexity index is 1370. The largest absolute Gasteiger partial charge is 0.450 e. The fraction of sp³-hybridized carbons (Fsp3) is 0.441. The molecule has 4 rings (SSSR count). The number of halogens is 1. The van der Waals surface area contributed by atoms with Gasteiger partial charge in [0.15, 0.2) is 0 Å². The molecule has 3 atom stereocenters. The van der Waals surface area contributed by atoms with Crippen LogP contribution in [0.1, 0.15) is 67.8 Å². The summed E-state index contributed by atoms with van der Waals surface area (Å²) < 4.78 is 6.36. The lowest BCUT2D eigenvalue weighted by molar-refractivity contribution is -0.133. The molecule has 1 saturated heterocycles. The van der Waals surface area contributed by atoms with Gasteiger partial charge in [-0.1, -0.05) is 62.7 Å². The molecule has 1 aliphatic rings. The van der Waals surface area contributed by atoms with Crippen LogP contribution in [0.4, 0.5) is 4.79 Å². The molecule has 230 valence electrons. The molecule has 3 N–H and O–H groups in total. The van der Waals surface area contributed by atoms with Gasteiger partial charge >= 0.3 is 6.09 Å². The predicted molar refractivity (Wildman–Crippen MR) is 179 cm³/mol.